The zero-order valence-electron chi connectivity index (χ0n) is 14.2. The quantitative estimate of drug-likeness (QED) is 0.354. The lowest BCUT2D eigenvalue weighted by Gasteiger charge is -2.11. The Hall–Kier alpha value is -2.49. The van der Waals surface area contributed by atoms with Gasteiger partial charge in [0.25, 0.3) is 0 Å². The minimum atomic E-state index is 0.310. The molecule has 0 spiro atoms. The number of nitrogens with zero attached hydrogens (tertiary/aromatic N) is 4. The molecule has 2 N–H and O–H groups in total. The third-order valence-electron chi connectivity index (χ3n) is 3.25. The van der Waals surface area contributed by atoms with Crippen LogP contribution in [0, 0.1) is 0 Å². The molecule has 0 saturated carbocycles. The van der Waals surface area contributed by atoms with E-state index in [2.05, 4.69) is 30.6 Å². The number of hydrogen-bond acceptors (Lipinski definition) is 7. The van der Waals surface area contributed by atoms with Crippen molar-refractivity contribution in [1.82, 2.24) is 25.3 Å². The topological polar surface area (TPSA) is 84.9 Å². The molecule has 2 heterocycles. The number of benzene rings is 1. The lowest BCUT2D eigenvalue weighted by atomic mass is 10.2. The van der Waals surface area contributed by atoms with E-state index in [-0.39, 0.29) is 0 Å². The first-order valence-electron chi connectivity index (χ1n) is 7.80. The Labute approximate surface area is 171 Å². The van der Waals surface area contributed by atoms with Gasteiger partial charge >= 0.3 is 0 Å². The van der Waals surface area contributed by atoms with Gasteiger partial charge in [-0.3, -0.25) is 0 Å². The molecule has 7 nitrogen and oxygen atoms in total. The number of halogens is 1. The zero-order chi connectivity index (χ0) is 19.1. The Balaban J connectivity index is 1.67. The minimum absolute atomic E-state index is 0.310. The van der Waals surface area contributed by atoms with Crippen molar-refractivity contribution in [1.29, 1.82) is 0 Å². The van der Waals surface area contributed by atoms with E-state index in [0.29, 0.717) is 38.7 Å². The van der Waals surface area contributed by atoms with E-state index < -0.39 is 0 Å². The summed E-state index contributed by atoms with van der Waals surface area (Å²) in [6, 6.07) is 11.0. The van der Waals surface area contributed by atoms with Crippen LogP contribution in [0.5, 0.6) is 5.88 Å². The maximum absolute atomic E-state index is 6.15. The molecule has 0 unspecified atom stereocenters. The van der Waals surface area contributed by atoms with Crippen LogP contribution in [0.3, 0.4) is 0 Å². The van der Waals surface area contributed by atoms with Crippen molar-refractivity contribution in [3.05, 3.63) is 59.4 Å². The van der Waals surface area contributed by atoms with Crippen molar-refractivity contribution in [3.63, 3.8) is 0 Å². The normalized spacial score (nSPS) is 10.3. The van der Waals surface area contributed by atoms with Crippen LogP contribution in [0.25, 0.3) is 0 Å². The number of anilines is 1. The van der Waals surface area contributed by atoms with Crippen LogP contribution in [0.15, 0.2) is 59.0 Å². The first-order chi connectivity index (χ1) is 13.1. The summed E-state index contributed by atoms with van der Waals surface area (Å²) in [5.74, 6) is 0.712. The molecule has 0 aliphatic carbocycles. The second-order valence-corrected chi connectivity index (χ2v) is 6.91. The molecule has 1 aromatic carbocycles. The summed E-state index contributed by atoms with van der Waals surface area (Å²) in [5, 5.41) is 8.28. The monoisotopic (exact) mass is 418 g/mol. The van der Waals surface area contributed by atoms with E-state index in [1.165, 1.54) is 18.9 Å². The van der Waals surface area contributed by atoms with Gasteiger partial charge in [0.2, 0.25) is 11.8 Å². The predicted octanol–water partition coefficient (Wildman–Crippen LogP) is 3.57. The van der Waals surface area contributed by atoms with Gasteiger partial charge in [0.1, 0.15) is 5.03 Å². The minimum Gasteiger partial charge on any atom is -0.481 e. The number of aromatic nitrogens is 4. The summed E-state index contributed by atoms with van der Waals surface area (Å²) in [6.45, 7) is 0.481. The molecule has 0 atom stereocenters. The highest BCUT2D eigenvalue weighted by molar-refractivity contribution is 7.99. The van der Waals surface area contributed by atoms with Crippen LogP contribution in [0.2, 0.25) is 5.02 Å². The van der Waals surface area contributed by atoms with E-state index in [4.69, 9.17) is 28.6 Å². The second-order valence-electron chi connectivity index (χ2n) is 5.10. The van der Waals surface area contributed by atoms with Crippen molar-refractivity contribution in [2.45, 2.75) is 16.7 Å². The molecule has 0 aliphatic rings. The Morgan fingerprint density at radius 1 is 1.19 bits per heavy atom. The SMILES string of the molecule is COc1cc(Sc2ncccn2)nc(NC(=S)NCc2ccccc2Cl)n1. The third kappa shape index (κ3) is 5.75. The van der Waals surface area contributed by atoms with E-state index in [0.717, 1.165) is 5.56 Å². The Morgan fingerprint density at radius 2 is 1.96 bits per heavy atom. The van der Waals surface area contributed by atoms with Crippen molar-refractivity contribution in [3.8, 4) is 5.88 Å². The van der Waals surface area contributed by atoms with Crippen LogP contribution in [-0.4, -0.2) is 32.2 Å². The van der Waals surface area contributed by atoms with Gasteiger partial charge in [-0.1, -0.05) is 29.8 Å². The fourth-order valence-corrected chi connectivity index (χ4v) is 3.08. The lowest BCUT2D eigenvalue weighted by Crippen LogP contribution is -2.28. The molecule has 0 aliphatic heterocycles. The van der Waals surface area contributed by atoms with Gasteiger partial charge < -0.3 is 15.4 Å². The molecule has 2 aromatic heterocycles. The van der Waals surface area contributed by atoms with Gasteiger partial charge in [0, 0.05) is 30.0 Å². The van der Waals surface area contributed by atoms with E-state index >= 15 is 0 Å². The standard InChI is InChI=1S/C17H15ClN6OS2/c1-25-13-9-14(27-17-19-7-4-8-20-17)23-15(22-13)24-16(26)21-10-11-5-2-3-6-12(11)18/h2-9H,10H2,1H3,(H2,21,22,23,24,26). The zero-order valence-corrected chi connectivity index (χ0v) is 16.6. The molecule has 3 rings (SSSR count). The number of thiocarbonyl (C=S) groups is 1. The lowest BCUT2D eigenvalue weighted by molar-refractivity contribution is 0.396. The molecule has 0 fully saturated rings. The highest BCUT2D eigenvalue weighted by Gasteiger charge is 2.10. The fourth-order valence-electron chi connectivity index (χ4n) is 2.01. The van der Waals surface area contributed by atoms with Crippen molar-refractivity contribution >= 4 is 46.6 Å². The van der Waals surface area contributed by atoms with Crippen LogP contribution < -0.4 is 15.4 Å². The number of hydrogen-bond donors (Lipinski definition) is 2. The average molecular weight is 419 g/mol. The maximum atomic E-state index is 6.15. The molecule has 0 radical (unpaired) electrons. The van der Waals surface area contributed by atoms with Crippen LogP contribution in [0.1, 0.15) is 5.56 Å². The summed E-state index contributed by atoms with van der Waals surface area (Å²) < 4.78 is 5.23. The molecule has 0 saturated heterocycles. The van der Waals surface area contributed by atoms with Crippen LogP contribution in [-0.2, 0) is 6.54 Å². The maximum Gasteiger partial charge on any atom is 0.233 e. The summed E-state index contributed by atoms with van der Waals surface area (Å²) >= 11 is 12.8. The molecule has 3 aromatic rings. The Bertz CT molecular complexity index is 928. The summed E-state index contributed by atoms with van der Waals surface area (Å²) in [6.07, 6.45) is 3.33. The summed E-state index contributed by atoms with van der Waals surface area (Å²) in [4.78, 5) is 17.0. The van der Waals surface area contributed by atoms with Gasteiger partial charge in [-0.05, 0) is 41.7 Å². The second kappa shape index (κ2) is 9.45. The van der Waals surface area contributed by atoms with Crippen molar-refractivity contribution < 1.29 is 4.74 Å². The molecule has 0 amide bonds. The van der Waals surface area contributed by atoms with Gasteiger partial charge in [-0.25, -0.2) is 15.0 Å². The Kier molecular flexibility index (Phi) is 6.74. The summed E-state index contributed by atoms with van der Waals surface area (Å²) in [5.41, 5.74) is 0.937. The van der Waals surface area contributed by atoms with Crippen LogP contribution >= 0.6 is 35.6 Å². The largest absolute Gasteiger partial charge is 0.481 e. The molecule has 0 bridgehead atoms. The number of ether oxygens (including phenoxy) is 1. The van der Waals surface area contributed by atoms with Crippen molar-refractivity contribution in [2.75, 3.05) is 12.4 Å². The highest BCUT2D eigenvalue weighted by atomic mass is 35.5. The van der Waals surface area contributed by atoms with E-state index in [1.807, 2.05) is 24.3 Å². The predicted molar refractivity (Wildman–Crippen MR) is 109 cm³/mol. The van der Waals surface area contributed by atoms with E-state index in [9.17, 15) is 0 Å². The average Bonchev–Trinajstić information content (AvgIpc) is 2.68. The van der Waals surface area contributed by atoms with Gasteiger partial charge in [0.05, 0.1) is 7.11 Å². The van der Waals surface area contributed by atoms with E-state index in [1.54, 1.807) is 24.5 Å². The third-order valence-corrected chi connectivity index (χ3v) is 4.68. The van der Waals surface area contributed by atoms with Gasteiger partial charge in [0.15, 0.2) is 10.3 Å². The fraction of sp³-hybridized carbons (Fsp3) is 0.118. The first kappa shape index (κ1) is 19.3. The number of rotatable bonds is 6. The van der Waals surface area contributed by atoms with Gasteiger partial charge in [-0.2, -0.15) is 4.98 Å². The molecular formula is C17H15ClN6OS2. The molecular weight excluding hydrogens is 404 g/mol. The number of nitrogens with one attached hydrogen (secondary N) is 2. The van der Waals surface area contributed by atoms with Gasteiger partial charge in [-0.15, -0.1) is 0 Å². The number of methoxy groups -OCH3 is 1. The smallest absolute Gasteiger partial charge is 0.233 e. The Morgan fingerprint density at radius 3 is 2.70 bits per heavy atom. The molecule has 10 heteroatoms. The van der Waals surface area contributed by atoms with Crippen molar-refractivity contribution in [2.24, 2.45) is 0 Å². The molecule has 27 heavy (non-hydrogen) atoms. The van der Waals surface area contributed by atoms with Crippen LogP contribution in [0.4, 0.5) is 5.95 Å². The summed E-state index contributed by atoms with van der Waals surface area (Å²) in [7, 11) is 1.54. The highest BCUT2D eigenvalue weighted by Crippen LogP contribution is 2.26. The first-order valence-corrected chi connectivity index (χ1v) is 9.40. The molecule has 138 valence electrons.